The highest BCUT2D eigenvalue weighted by atomic mass is 16.5. The standard InChI is InChI=1S/C13H18N2O/c1-15-5-4-9-6-12(14)13(7-10(9)8-15)16-11-2-3-11/h6-7,11H,2-5,8,14H2,1H3. The second-order valence-corrected chi connectivity index (χ2v) is 4.96. The van der Waals surface area contributed by atoms with Gasteiger partial charge in [0.05, 0.1) is 11.8 Å². The van der Waals surface area contributed by atoms with Gasteiger partial charge in [-0.2, -0.15) is 0 Å². The fraction of sp³-hybridized carbons (Fsp3) is 0.538. The van der Waals surface area contributed by atoms with Crippen LogP contribution in [-0.2, 0) is 13.0 Å². The highest BCUT2D eigenvalue weighted by molar-refractivity contribution is 5.57. The molecule has 0 atom stereocenters. The Kier molecular flexibility index (Phi) is 2.28. The molecule has 1 fully saturated rings. The first kappa shape index (κ1) is 9.97. The molecular weight excluding hydrogens is 200 g/mol. The summed E-state index contributed by atoms with van der Waals surface area (Å²) in [6.45, 7) is 2.13. The summed E-state index contributed by atoms with van der Waals surface area (Å²) in [4.78, 5) is 2.33. The molecule has 0 bridgehead atoms. The van der Waals surface area contributed by atoms with Gasteiger partial charge in [-0.3, -0.25) is 0 Å². The zero-order valence-corrected chi connectivity index (χ0v) is 9.70. The van der Waals surface area contributed by atoms with Crippen LogP contribution in [0.3, 0.4) is 0 Å². The molecule has 3 heteroatoms. The molecule has 86 valence electrons. The van der Waals surface area contributed by atoms with Crippen molar-refractivity contribution in [1.82, 2.24) is 4.90 Å². The lowest BCUT2D eigenvalue weighted by atomic mass is 9.99. The lowest BCUT2D eigenvalue weighted by Crippen LogP contribution is -2.26. The van der Waals surface area contributed by atoms with E-state index in [1.54, 1.807) is 0 Å². The monoisotopic (exact) mass is 218 g/mol. The molecule has 0 radical (unpaired) electrons. The van der Waals surface area contributed by atoms with Crippen LogP contribution in [0.4, 0.5) is 5.69 Å². The second-order valence-electron chi connectivity index (χ2n) is 4.96. The largest absolute Gasteiger partial charge is 0.488 e. The van der Waals surface area contributed by atoms with Gasteiger partial charge in [-0.25, -0.2) is 0 Å². The van der Waals surface area contributed by atoms with Crippen LogP contribution >= 0.6 is 0 Å². The fourth-order valence-electron chi connectivity index (χ4n) is 2.21. The molecule has 1 saturated carbocycles. The van der Waals surface area contributed by atoms with Crippen LogP contribution < -0.4 is 10.5 Å². The third kappa shape index (κ3) is 1.87. The average molecular weight is 218 g/mol. The lowest BCUT2D eigenvalue weighted by Gasteiger charge is -2.26. The quantitative estimate of drug-likeness (QED) is 0.769. The summed E-state index contributed by atoms with van der Waals surface area (Å²) < 4.78 is 5.81. The van der Waals surface area contributed by atoms with Gasteiger partial charge in [0.15, 0.2) is 0 Å². The van der Waals surface area contributed by atoms with Crippen molar-refractivity contribution in [2.45, 2.75) is 31.9 Å². The minimum absolute atomic E-state index is 0.418. The van der Waals surface area contributed by atoms with Gasteiger partial charge >= 0.3 is 0 Å². The molecule has 1 aliphatic heterocycles. The van der Waals surface area contributed by atoms with Crippen LogP contribution in [0.1, 0.15) is 24.0 Å². The van der Waals surface area contributed by atoms with E-state index in [2.05, 4.69) is 24.1 Å². The summed E-state index contributed by atoms with van der Waals surface area (Å²) in [6.07, 6.45) is 3.87. The summed E-state index contributed by atoms with van der Waals surface area (Å²) in [5.74, 6) is 0.886. The van der Waals surface area contributed by atoms with E-state index in [1.807, 2.05) is 0 Å². The van der Waals surface area contributed by atoms with E-state index < -0.39 is 0 Å². The summed E-state index contributed by atoms with van der Waals surface area (Å²) in [5, 5.41) is 0. The number of nitrogens with two attached hydrogens (primary N) is 1. The van der Waals surface area contributed by atoms with Crippen LogP contribution in [0.2, 0.25) is 0 Å². The van der Waals surface area contributed by atoms with Crippen molar-refractivity contribution in [1.29, 1.82) is 0 Å². The first-order valence-corrected chi connectivity index (χ1v) is 5.99. The van der Waals surface area contributed by atoms with E-state index in [0.29, 0.717) is 6.10 Å². The van der Waals surface area contributed by atoms with Crippen LogP contribution in [0.25, 0.3) is 0 Å². The Morgan fingerprint density at radius 3 is 2.88 bits per heavy atom. The summed E-state index contributed by atoms with van der Waals surface area (Å²) >= 11 is 0. The predicted octanol–water partition coefficient (Wildman–Crippen LogP) is 1.80. The molecule has 0 unspecified atom stereocenters. The van der Waals surface area contributed by atoms with Gasteiger partial charge in [-0.1, -0.05) is 0 Å². The molecular formula is C13H18N2O. The number of benzene rings is 1. The number of fused-ring (bicyclic) bond motifs is 1. The minimum atomic E-state index is 0.418. The Balaban J connectivity index is 1.91. The molecule has 3 rings (SSSR count). The minimum Gasteiger partial charge on any atom is -0.488 e. The van der Waals surface area contributed by atoms with E-state index >= 15 is 0 Å². The van der Waals surface area contributed by atoms with Gasteiger partial charge in [0, 0.05) is 13.1 Å². The second kappa shape index (κ2) is 3.67. The Morgan fingerprint density at radius 1 is 1.31 bits per heavy atom. The van der Waals surface area contributed by atoms with Crippen molar-refractivity contribution in [2.75, 3.05) is 19.3 Å². The van der Waals surface area contributed by atoms with Gasteiger partial charge in [0.1, 0.15) is 5.75 Å². The molecule has 1 heterocycles. The number of ether oxygens (including phenoxy) is 1. The molecule has 0 amide bonds. The summed E-state index contributed by atoms with van der Waals surface area (Å²) in [7, 11) is 2.15. The van der Waals surface area contributed by atoms with Gasteiger partial charge < -0.3 is 15.4 Å². The zero-order chi connectivity index (χ0) is 11.1. The number of hydrogen-bond donors (Lipinski definition) is 1. The normalized spacial score (nSPS) is 20.6. The number of anilines is 1. The Hall–Kier alpha value is -1.22. The van der Waals surface area contributed by atoms with Crippen LogP contribution in [0.15, 0.2) is 12.1 Å². The molecule has 2 N–H and O–H groups in total. The highest BCUT2D eigenvalue weighted by Crippen LogP contribution is 2.34. The number of nitrogen functional groups attached to an aromatic ring is 1. The van der Waals surface area contributed by atoms with Crippen molar-refractivity contribution in [3.05, 3.63) is 23.3 Å². The summed E-state index contributed by atoms with van der Waals surface area (Å²) in [5.41, 5.74) is 9.58. The van der Waals surface area contributed by atoms with E-state index in [4.69, 9.17) is 10.5 Å². The predicted molar refractivity (Wildman–Crippen MR) is 64.5 cm³/mol. The van der Waals surface area contributed by atoms with Gasteiger partial charge in [0.2, 0.25) is 0 Å². The van der Waals surface area contributed by atoms with Crippen molar-refractivity contribution in [3.8, 4) is 5.75 Å². The van der Waals surface area contributed by atoms with Gasteiger partial charge in [-0.15, -0.1) is 0 Å². The Labute approximate surface area is 96.2 Å². The highest BCUT2D eigenvalue weighted by Gasteiger charge is 2.25. The van der Waals surface area contributed by atoms with Crippen LogP contribution in [0.5, 0.6) is 5.75 Å². The third-order valence-corrected chi connectivity index (χ3v) is 3.35. The molecule has 1 aromatic rings. The van der Waals surface area contributed by atoms with Gasteiger partial charge in [0.25, 0.3) is 0 Å². The molecule has 2 aliphatic rings. The first-order valence-electron chi connectivity index (χ1n) is 5.99. The van der Waals surface area contributed by atoms with E-state index in [0.717, 1.165) is 30.9 Å². The van der Waals surface area contributed by atoms with E-state index in [1.165, 1.54) is 24.0 Å². The number of likely N-dealkylation sites (N-methyl/N-ethyl adjacent to an activating group) is 1. The smallest absolute Gasteiger partial charge is 0.142 e. The summed E-state index contributed by atoms with van der Waals surface area (Å²) in [6, 6.07) is 4.23. The molecule has 0 aromatic heterocycles. The fourth-order valence-corrected chi connectivity index (χ4v) is 2.21. The van der Waals surface area contributed by atoms with Crippen molar-refractivity contribution < 1.29 is 4.74 Å². The topological polar surface area (TPSA) is 38.5 Å². The number of nitrogens with zero attached hydrogens (tertiary/aromatic N) is 1. The number of hydrogen-bond acceptors (Lipinski definition) is 3. The molecule has 1 aliphatic carbocycles. The Morgan fingerprint density at radius 2 is 2.12 bits per heavy atom. The number of rotatable bonds is 2. The van der Waals surface area contributed by atoms with Crippen LogP contribution in [0, 0.1) is 0 Å². The maximum absolute atomic E-state index is 6.02. The van der Waals surface area contributed by atoms with Crippen LogP contribution in [-0.4, -0.2) is 24.6 Å². The lowest BCUT2D eigenvalue weighted by molar-refractivity contribution is 0.297. The van der Waals surface area contributed by atoms with E-state index in [9.17, 15) is 0 Å². The zero-order valence-electron chi connectivity index (χ0n) is 9.70. The average Bonchev–Trinajstić information content (AvgIpc) is 3.04. The third-order valence-electron chi connectivity index (χ3n) is 3.35. The maximum Gasteiger partial charge on any atom is 0.142 e. The van der Waals surface area contributed by atoms with Crippen molar-refractivity contribution >= 4 is 5.69 Å². The molecule has 3 nitrogen and oxygen atoms in total. The van der Waals surface area contributed by atoms with Gasteiger partial charge in [-0.05, 0) is 49.6 Å². The molecule has 16 heavy (non-hydrogen) atoms. The van der Waals surface area contributed by atoms with Crippen molar-refractivity contribution in [3.63, 3.8) is 0 Å². The van der Waals surface area contributed by atoms with Crippen molar-refractivity contribution in [2.24, 2.45) is 0 Å². The van der Waals surface area contributed by atoms with E-state index in [-0.39, 0.29) is 0 Å². The first-order chi connectivity index (χ1) is 7.72. The molecule has 1 aromatic carbocycles. The molecule has 0 saturated heterocycles. The maximum atomic E-state index is 6.02. The molecule has 0 spiro atoms. The Bertz CT molecular complexity index is 413. The SMILES string of the molecule is CN1CCc2cc(N)c(OC3CC3)cc2C1.